The van der Waals surface area contributed by atoms with Gasteiger partial charge in [0, 0.05) is 35.6 Å². The number of carbonyl (C=O) groups is 1. The summed E-state index contributed by atoms with van der Waals surface area (Å²) >= 11 is 0. The predicted molar refractivity (Wildman–Crippen MR) is 126 cm³/mol. The van der Waals surface area contributed by atoms with Crippen LogP contribution in [0.1, 0.15) is 35.6 Å². The molecule has 168 valence electrons. The molecule has 5 rings (SSSR count). The first-order valence-electron chi connectivity index (χ1n) is 12.2. The summed E-state index contributed by atoms with van der Waals surface area (Å²) in [5, 5.41) is 13.9. The van der Waals surface area contributed by atoms with E-state index in [1.807, 2.05) is 27.0 Å². The molecule has 0 spiro atoms. The highest BCUT2D eigenvalue weighted by Gasteiger charge is 2.39. The molecule has 0 radical (unpaired) electrons. The molecule has 3 aromatic rings. The highest BCUT2D eigenvalue weighted by atomic mass is 16.5. The summed E-state index contributed by atoms with van der Waals surface area (Å²) in [5.74, 6) is 7.33. The van der Waals surface area contributed by atoms with Gasteiger partial charge in [0.05, 0.1) is 24.0 Å². The van der Waals surface area contributed by atoms with Gasteiger partial charge in [0.25, 0.3) is 0 Å². The molecule has 1 fully saturated rings. The topological polar surface area (TPSA) is 105 Å². The number of hydrogen-bond donors (Lipinski definition) is 2. The average Bonchev–Trinajstić information content (AvgIpc) is 3.54. The van der Waals surface area contributed by atoms with Crippen LogP contribution in [0, 0.1) is 23.7 Å². The van der Waals surface area contributed by atoms with Crippen LogP contribution in [0.15, 0.2) is 24.5 Å². The number of anilines is 3. The minimum Gasteiger partial charge on any atom is -0.485 e. The lowest BCUT2D eigenvalue weighted by Gasteiger charge is -2.31. The summed E-state index contributed by atoms with van der Waals surface area (Å²) < 4.78 is 28.4. The quantitative estimate of drug-likeness (QED) is 0.592. The van der Waals surface area contributed by atoms with Gasteiger partial charge >= 0.3 is 0 Å². The molecule has 1 saturated carbocycles. The number of fused-ring (bicyclic) bond motifs is 2. The molecule has 1 aliphatic carbocycles. The van der Waals surface area contributed by atoms with Crippen LogP contribution in [0.2, 0.25) is 0 Å². The summed E-state index contributed by atoms with van der Waals surface area (Å²) in [4.78, 5) is 23.1. The van der Waals surface area contributed by atoms with Crippen LogP contribution < -0.4 is 20.3 Å². The van der Waals surface area contributed by atoms with Crippen molar-refractivity contribution >= 4 is 34.1 Å². The van der Waals surface area contributed by atoms with Crippen LogP contribution in [0.4, 0.5) is 17.3 Å². The van der Waals surface area contributed by atoms with Crippen LogP contribution in [-0.4, -0.2) is 52.7 Å². The summed E-state index contributed by atoms with van der Waals surface area (Å²) in [6.07, 6.45) is 4.03. The van der Waals surface area contributed by atoms with Crippen molar-refractivity contribution in [2.45, 2.75) is 26.4 Å². The molecule has 1 aliphatic heterocycles. The fourth-order valence-corrected chi connectivity index (χ4v) is 3.95. The first kappa shape index (κ1) is 17.6. The van der Waals surface area contributed by atoms with E-state index in [4.69, 9.17) is 8.85 Å². The van der Waals surface area contributed by atoms with Gasteiger partial charge in [0.2, 0.25) is 5.91 Å². The number of aromatic nitrogens is 4. The standard InChI is InChI=1S/C24H25N7O2/c1-13-7-17(13)24(32)28-21-9-18-15(10-27-23(25-3)22(18)30-29-21)5-6-16-8-19-20(11-26-16)33-14(2)12-31(19)4/h8-11,13-14,17H,7,12H2,1-4H3,(H,25,27)(H,28,29,32)/t13-,14+,17+/m1/s1/i3D3. The molecule has 9 nitrogen and oxygen atoms in total. The second-order valence-electron chi connectivity index (χ2n) is 8.54. The van der Waals surface area contributed by atoms with E-state index in [0.29, 0.717) is 28.3 Å². The number of likely N-dealkylation sites (N-methyl/N-ethyl adjacent to an activating group) is 1. The van der Waals surface area contributed by atoms with Crippen molar-refractivity contribution < 1.29 is 13.6 Å². The van der Waals surface area contributed by atoms with Crippen molar-refractivity contribution in [3.05, 3.63) is 35.8 Å². The van der Waals surface area contributed by atoms with Gasteiger partial charge in [-0.1, -0.05) is 12.8 Å². The van der Waals surface area contributed by atoms with Gasteiger partial charge in [-0.2, -0.15) is 0 Å². The Kier molecular flexibility index (Phi) is 4.38. The molecule has 9 heteroatoms. The van der Waals surface area contributed by atoms with Gasteiger partial charge in [-0.05, 0) is 37.3 Å². The molecule has 0 saturated heterocycles. The predicted octanol–water partition coefficient (Wildman–Crippen LogP) is 2.67. The Morgan fingerprint density at radius 1 is 1.24 bits per heavy atom. The van der Waals surface area contributed by atoms with E-state index in [0.717, 1.165) is 18.7 Å². The van der Waals surface area contributed by atoms with Crippen molar-refractivity contribution in [2.75, 3.05) is 36.1 Å². The van der Waals surface area contributed by atoms with Crippen LogP contribution in [0.5, 0.6) is 5.75 Å². The maximum absolute atomic E-state index is 12.4. The van der Waals surface area contributed by atoms with Crippen molar-refractivity contribution in [1.29, 1.82) is 0 Å². The van der Waals surface area contributed by atoms with Crippen LogP contribution in [-0.2, 0) is 4.79 Å². The van der Waals surface area contributed by atoms with Crippen molar-refractivity contribution in [3.8, 4) is 17.6 Å². The lowest BCUT2D eigenvalue weighted by Crippen LogP contribution is -2.35. The van der Waals surface area contributed by atoms with Crippen molar-refractivity contribution in [3.63, 3.8) is 0 Å². The Balaban J connectivity index is 1.52. The molecular formula is C24H25N7O2. The lowest BCUT2D eigenvalue weighted by atomic mass is 10.1. The number of ether oxygens (including phenoxy) is 1. The van der Waals surface area contributed by atoms with Gasteiger partial charge in [0.1, 0.15) is 17.3 Å². The summed E-state index contributed by atoms with van der Waals surface area (Å²) in [6, 6.07) is 3.49. The van der Waals surface area contributed by atoms with E-state index in [-0.39, 0.29) is 35.1 Å². The number of hydrogen-bond acceptors (Lipinski definition) is 8. The first-order chi connectivity index (χ1) is 17.1. The molecular weight excluding hydrogens is 418 g/mol. The van der Waals surface area contributed by atoms with Gasteiger partial charge in [-0.25, -0.2) is 9.97 Å². The number of nitrogens with zero attached hydrogens (tertiary/aromatic N) is 5. The maximum Gasteiger partial charge on any atom is 0.228 e. The van der Waals surface area contributed by atoms with Gasteiger partial charge in [0.15, 0.2) is 17.4 Å². The normalized spacial score (nSPS) is 22.6. The fourth-order valence-electron chi connectivity index (χ4n) is 3.95. The first-order valence-corrected chi connectivity index (χ1v) is 10.7. The van der Waals surface area contributed by atoms with Gasteiger partial charge < -0.3 is 20.3 Å². The molecule has 0 unspecified atom stereocenters. The van der Waals surface area contributed by atoms with Gasteiger partial charge in [-0.3, -0.25) is 4.79 Å². The molecule has 2 N–H and O–H groups in total. The van der Waals surface area contributed by atoms with E-state index in [2.05, 4.69) is 47.5 Å². The Morgan fingerprint density at radius 2 is 2.09 bits per heavy atom. The molecule has 0 aromatic carbocycles. The molecule has 0 bridgehead atoms. The van der Waals surface area contributed by atoms with E-state index in [1.54, 1.807) is 12.3 Å². The number of amides is 1. The van der Waals surface area contributed by atoms with E-state index in [1.165, 1.54) is 6.20 Å². The highest BCUT2D eigenvalue weighted by Crippen LogP contribution is 2.38. The maximum atomic E-state index is 12.4. The minimum absolute atomic E-state index is 0.0350. The fraction of sp³-hybridized carbons (Fsp3) is 0.375. The third-order valence-electron chi connectivity index (χ3n) is 5.89. The highest BCUT2D eigenvalue weighted by molar-refractivity contribution is 5.97. The van der Waals surface area contributed by atoms with E-state index in [9.17, 15) is 4.79 Å². The van der Waals surface area contributed by atoms with Crippen LogP contribution >= 0.6 is 0 Å². The van der Waals surface area contributed by atoms with Crippen molar-refractivity contribution in [2.24, 2.45) is 11.8 Å². The van der Waals surface area contributed by atoms with Crippen molar-refractivity contribution in [1.82, 2.24) is 20.2 Å². The second-order valence-corrected chi connectivity index (χ2v) is 8.54. The summed E-state index contributed by atoms with van der Waals surface area (Å²) in [5.41, 5.74) is 2.16. The van der Waals surface area contributed by atoms with Gasteiger partial charge in [-0.15, -0.1) is 10.2 Å². The average molecular weight is 447 g/mol. The Morgan fingerprint density at radius 3 is 2.88 bits per heavy atom. The SMILES string of the molecule is [2H]C([2H])([2H])Nc1ncc(C#Cc2cc3c(cn2)O[C@@H](C)CN3C)c2cc(NC(=O)[C@H]3C[C@H]3C)nnc12. The molecule has 2 aliphatic rings. The molecule has 3 aromatic heterocycles. The molecule has 1 amide bonds. The Bertz CT molecular complexity index is 1420. The third-order valence-corrected chi connectivity index (χ3v) is 5.89. The number of rotatable bonds is 3. The largest absolute Gasteiger partial charge is 0.485 e. The second kappa shape index (κ2) is 8.20. The number of carbonyl (C=O) groups excluding carboxylic acids is 1. The van der Waals surface area contributed by atoms with Crippen LogP contribution in [0.3, 0.4) is 0 Å². The number of nitrogens with one attached hydrogen (secondary N) is 2. The molecule has 4 heterocycles. The third kappa shape index (κ3) is 4.12. The summed E-state index contributed by atoms with van der Waals surface area (Å²) in [6.45, 7) is 2.30. The van der Waals surface area contributed by atoms with E-state index >= 15 is 0 Å². The molecule has 3 atom stereocenters. The Labute approximate surface area is 196 Å². The minimum atomic E-state index is -2.47. The Hall–Kier alpha value is -3.93. The van der Waals surface area contributed by atoms with E-state index < -0.39 is 6.98 Å². The monoisotopic (exact) mass is 446 g/mol. The lowest BCUT2D eigenvalue weighted by molar-refractivity contribution is -0.117. The smallest absolute Gasteiger partial charge is 0.228 e. The zero-order valence-corrected chi connectivity index (χ0v) is 18.5. The van der Waals surface area contributed by atoms with Crippen LogP contribution in [0.25, 0.3) is 10.9 Å². The molecule has 33 heavy (non-hydrogen) atoms. The summed E-state index contributed by atoms with van der Waals surface area (Å²) in [7, 11) is 1.99. The zero-order valence-electron chi connectivity index (χ0n) is 21.5. The zero-order chi connectivity index (χ0) is 25.6. The number of pyridine rings is 2.